The van der Waals surface area contributed by atoms with Gasteiger partial charge in [-0.05, 0) is 53.8 Å². The Morgan fingerprint density at radius 3 is 2.34 bits per heavy atom. The van der Waals surface area contributed by atoms with E-state index in [-0.39, 0.29) is 17.4 Å². The number of nitrogens with one attached hydrogen (secondary N) is 1. The van der Waals surface area contributed by atoms with Gasteiger partial charge in [0.15, 0.2) is 0 Å². The lowest BCUT2D eigenvalue weighted by molar-refractivity contribution is -0.122. The van der Waals surface area contributed by atoms with Crippen LogP contribution in [-0.4, -0.2) is 31.7 Å². The van der Waals surface area contributed by atoms with Crippen LogP contribution in [0.15, 0.2) is 46.7 Å². The molecule has 1 aliphatic heterocycles. The van der Waals surface area contributed by atoms with E-state index in [4.69, 9.17) is 0 Å². The summed E-state index contributed by atoms with van der Waals surface area (Å²) >= 11 is 1.65. The van der Waals surface area contributed by atoms with Gasteiger partial charge in [0.2, 0.25) is 15.9 Å². The Kier molecular flexibility index (Phi) is 6.81. The molecule has 3 rings (SSSR count). The number of rotatable bonds is 7. The van der Waals surface area contributed by atoms with Gasteiger partial charge in [0.25, 0.3) is 0 Å². The molecule has 0 radical (unpaired) electrons. The molecular formula is C22H30N2O3S2. The maximum absolute atomic E-state index is 12.6. The van der Waals surface area contributed by atoms with Crippen LogP contribution >= 0.6 is 11.3 Å². The van der Waals surface area contributed by atoms with Crippen molar-refractivity contribution in [1.82, 2.24) is 9.62 Å². The normalized spacial score (nSPS) is 16.7. The Morgan fingerprint density at radius 2 is 1.79 bits per heavy atom. The SMILES string of the molecule is CC(C)(C)C(NC(=O)CCc1ccc(S(=O)(=O)N2CCCC2)cc1)c1cccs1. The number of sulfonamides is 1. The van der Waals surface area contributed by atoms with Crippen LogP contribution in [0.25, 0.3) is 0 Å². The van der Waals surface area contributed by atoms with Crippen LogP contribution in [0.4, 0.5) is 0 Å². The molecule has 1 saturated heterocycles. The zero-order valence-electron chi connectivity index (χ0n) is 17.3. The Hall–Kier alpha value is -1.70. The first-order valence-corrected chi connectivity index (χ1v) is 12.4. The molecular weight excluding hydrogens is 404 g/mol. The highest BCUT2D eigenvalue weighted by molar-refractivity contribution is 7.89. The van der Waals surface area contributed by atoms with E-state index in [1.807, 2.05) is 23.6 Å². The summed E-state index contributed by atoms with van der Waals surface area (Å²) in [5, 5.41) is 5.20. The summed E-state index contributed by atoms with van der Waals surface area (Å²) < 4.78 is 26.8. The second-order valence-corrected chi connectivity index (χ2v) is 11.6. The van der Waals surface area contributed by atoms with Gasteiger partial charge in [0, 0.05) is 24.4 Å². The van der Waals surface area contributed by atoms with Crippen molar-refractivity contribution in [2.45, 2.75) is 57.4 Å². The fourth-order valence-electron chi connectivity index (χ4n) is 3.57. The molecule has 5 nitrogen and oxygen atoms in total. The number of hydrogen-bond acceptors (Lipinski definition) is 4. The van der Waals surface area contributed by atoms with E-state index in [9.17, 15) is 13.2 Å². The maximum atomic E-state index is 12.6. The molecule has 7 heteroatoms. The fourth-order valence-corrected chi connectivity index (χ4v) is 6.10. The molecule has 0 spiro atoms. The quantitative estimate of drug-likeness (QED) is 0.704. The second kappa shape index (κ2) is 8.98. The van der Waals surface area contributed by atoms with Crippen LogP contribution in [0.3, 0.4) is 0 Å². The Bertz CT molecular complexity index is 908. The summed E-state index contributed by atoms with van der Waals surface area (Å²) in [7, 11) is -3.39. The molecule has 0 saturated carbocycles. The third-order valence-electron chi connectivity index (χ3n) is 5.27. The zero-order valence-corrected chi connectivity index (χ0v) is 19.0. The largest absolute Gasteiger partial charge is 0.348 e. The lowest BCUT2D eigenvalue weighted by atomic mass is 9.85. The van der Waals surface area contributed by atoms with E-state index in [0.717, 1.165) is 23.3 Å². The minimum absolute atomic E-state index is 0.00656. The molecule has 1 fully saturated rings. The van der Waals surface area contributed by atoms with Crippen LogP contribution < -0.4 is 5.32 Å². The average Bonchev–Trinajstić information content (AvgIpc) is 3.38. The molecule has 1 aliphatic rings. The van der Waals surface area contributed by atoms with E-state index in [0.29, 0.717) is 30.8 Å². The van der Waals surface area contributed by atoms with Gasteiger partial charge in [-0.15, -0.1) is 11.3 Å². The van der Waals surface area contributed by atoms with Gasteiger partial charge >= 0.3 is 0 Å². The topological polar surface area (TPSA) is 66.5 Å². The predicted molar refractivity (Wildman–Crippen MR) is 117 cm³/mol. The maximum Gasteiger partial charge on any atom is 0.243 e. The minimum Gasteiger partial charge on any atom is -0.348 e. The van der Waals surface area contributed by atoms with Crippen molar-refractivity contribution in [2.75, 3.05) is 13.1 Å². The number of carbonyl (C=O) groups excluding carboxylic acids is 1. The van der Waals surface area contributed by atoms with Gasteiger partial charge in [0.1, 0.15) is 0 Å². The summed E-state index contributed by atoms with van der Waals surface area (Å²) in [6.45, 7) is 7.57. The molecule has 1 atom stereocenters. The Morgan fingerprint density at radius 1 is 1.14 bits per heavy atom. The van der Waals surface area contributed by atoms with Gasteiger partial charge in [-0.1, -0.05) is 39.0 Å². The molecule has 1 aromatic carbocycles. The van der Waals surface area contributed by atoms with Gasteiger partial charge in [-0.25, -0.2) is 8.42 Å². The molecule has 158 valence electrons. The molecule has 0 aliphatic carbocycles. The molecule has 2 heterocycles. The van der Waals surface area contributed by atoms with Crippen LogP contribution in [0, 0.1) is 5.41 Å². The van der Waals surface area contributed by atoms with Crippen molar-refractivity contribution < 1.29 is 13.2 Å². The molecule has 1 N–H and O–H groups in total. The Labute approximate surface area is 178 Å². The summed E-state index contributed by atoms with van der Waals surface area (Å²) in [6, 6.07) is 11.0. The van der Waals surface area contributed by atoms with Gasteiger partial charge in [-0.3, -0.25) is 4.79 Å². The first-order valence-electron chi connectivity index (χ1n) is 10.1. The molecule has 1 amide bonds. The van der Waals surface area contributed by atoms with Crippen LogP contribution in [0.5, 0.6) is 0 Å². The number of hydrogen-bond donors (Lipinski definition) is 1. The van der Waals surface area contributed by atoms with E-state index in [2.05, 4.69) is 32.2 Å². The second-order valence-electron chi connectivity index (χ2n) is 8.64. The lowest BCUT2D eigenvalue weighted by Gasteiger charge is -2.30. The van der Waals surface area contributed by atoms with Crippen LogP contribution in [0.2, 0.25) is 0 Å². The lowest BCUT2D eigenvalue weighted by Crippen LogP contribution is -2.36. The van der Waals surface area contributed by atoms with Crippen LogP contribution in [-0.2, 0) is 21.2 Å². The van der Waals surface area contributed by atoms with Crippen LogP contribution in [0.1, 0.15) is 56.5 Å². The fraction of sp³-hybridized carbons (Fsp3) is 0.500. The van der Waals surface area contributed by atoms with E-state index in [1.165, 1.54) is 0 Å². The first kappa shape index (κ1) is 22.0. The van der Waals surface area contributed by atoms with Gasteiger partial charge < -0.3 is 5.32 Å². The highest BCUT2D eigenvalue weighted by Crippen LogP contribution is 2.35. The highest BCUT2D eigenvalue weighted by Gasteiger charge is 2.29. The number of amides is 1. The number of carbonyl (C=O) groups is 1. The van der Waals surface area contributed by atoms with Crippen molar-refractivity contribution in [3.63, 3.8) is 0 Å². The average molecular weight is 435 g/mol. The number of aryl methyl sites for hydroxylation is 1. The minimum atomic E-state index is -3.39. The van der Waals surface area contributed by atoms with E-state index >= 15 is 0 Å². The number of benzene rings is 1. The zero-order chi connectivity index (χ0) is 21.1. The van der Waals surface area contributed by atoms with E-state index in [1.54, 1.807) is 27.8 Å². The highest BCUT2D eigenvalue weighted by atomic mass is 32.2. The van der Waals surface area contributed by atoms with Crippen molar-refractivity contribution in [2.24, 2.45) is 5.41 Å². The first-order chi connectivity index (χ1) is 13.7. The molecule has 0 bridgehead atoms. The van der Waals surface area contributed by atoms with Crippen molar-refractivity contribution >= 4 is 27.3 Å². The molecule has 1 aromatic heterocycles. The summed E-state index contributed by atoms with van der Waals surface area (Å²) in [6.07, 6.45) is 2.80. The number of nitrogens with zero attached hydrogens (tertiary/aromatic N) is 1. The predicted octanol–water partition coefficient (Wildman–Crippen LogP) is 4.37. The summed E-state index contributed by atoms with van der Waals surface area (Å²) in [4.78, 5) is 14.0. The van der Waals surface area contributed by atoms with Crippen molar-refractivity contribution in [1.29, 1.82) is 0 Å². The molecule has 2 aromatic rings. The van der Waals surface area contributed by atoms with Gasteiger partial charge in [0.05, 0.1) is 10.9 Å². The summed E-state index contributed by atoms with van der Waals surface area (Å²) in [5.41, 5.74) is 0.885. The van der Waals surface area contributed by atoms with Crippen molar-refractivity contribution in [3.8, 4) is 0 Å². The standard InChI is InChI=1S/C22H30N2O3S2/c1-22(2,3)21(19-7-6-16-28-19)23-20(25)13-10-17-8-11-18(12-9-17)29(26,27)24-14-4-5-15-24/h6-9,11-12,16,21H,4-5,10,13-15H2,1-3H3,(H,23,25). The smallest absolute Gasteiger partial charge is 0.243 e. The van der Waals surface area contributed by atoms with E-state index < -0.39 is 10.0 Å². The Balaban J connectivity index is 1.59. The monoisotopic (exact) mass is 434 g/mol. The molecule has 1 unspecified atom stereocenters. The molecule has 29 heavy (non-hydrogen) atoms. The summed E-state index contributed by atoms with van der Waals surface area (Å²) in [5.74, 6) is 0.00656. The van der Waals surface area contributed by atoms with Crippen molar-refractivity contribution in [3.05, 3.63) is 52.2 Å². The van der Waals surface area contributed by atoms with Gasteiger partial charge in [-0.2, -0.15) is 4.31 Å². The third-order valence-corrected chi connectivity index (χ3v) is 8.12. The number of thiophene rings is 1. The third kappa shape index (κ3) is 5.47.